The summed E-state index contributed by atoms with van der Waals surface area (Å²) in [5.74, 6) is -2.33. The molecule has 0 fully saturated rings. The monoisotopic (exact) mass is 638 g/mol. The van der Waals surface area contributed by atoms with Crippen molar-refractivity contribution in [3.05, 3.63) is 100.0 Å². The molecule has 0 aliphatic carbocycles. The number of rotatable bonds is 11. The SMILES string of the molecule is Cc1nc2c(OCc3c(F)cccc3F)cc(Cl)cn2c1C(=O)NCC(C)(CCC(F)(F)F)NC(=O)OCc1ccccc1. The minimum Gasteiger partial charge on any atom is -0.485 e. The van der Waals surface area contributed by atoms with Gasteiger partial charge in [-0.05, 0) is 38.0 Å². The van der Waals surface area contributed by atoms with Crippen molar-refractivity contribution >= 4 is 29.2 Å². The van der Waals surface area contributed by atoms with E-state index in [1.165, 1.54) is 36.6 Å². The molecular weight excluding hydrogens is 611 g/mol. The van der Waals surface area contributed by atoms with E-state index in [4.69, 9.17) is 21.1 Å². The quantitative estimate of drug-likeness (QED) is 0.174. The Hall–Kier alpha value is -4.39. The molecule has 0 spiro atoms. The highest BCUT2D eigenvalue weighted by Gasteiger charge is 2.35. The van der Waals surface area contributed by atoms with E-state index >= 15 is 0 Å². The van der Waals surface area contributed by atoms with Gasteiger partial charge in [0.25, 0.3) is 5.91 Å². The smallest absolute Gasteiger partial charge is 0.407 e. The summed E-state index contributed by atoms with van der Waals surface area (Å²) in [6.45, 7) is 1.87. The Balaban J connectivity index is 1.51. The fourth-order valence-electron chi connectivity index (χ4n) is 4.37. The molecule has 2 aromatic heterocycles. The molecule has 0 radical (unpaired) electrons. The number of alkyl carbamates (subject to hydrolysis) is 1. The van der Waals surface area contributed by atoms with Gasteiger partial charge >= 0.3 is 12.3 Å². The average Bonchev–Trinajstić information content (AvgIpc) is 3.29. The maximum absolute atomic E-state index is 14.1. The van der Waals surface area contributed by atoms with Crippen LogP contribution < -0.4 is 15.4 Å². The van der Waals surface area contributed by atoms with Gasteiger partial charge in [0.1, 0.15) is 30.5 Å². The zero-order chi connectivity index (χ0) is 32.1. The number of aryl methyl sites for hydroxylation is 1. The molecule has 2 amide bonds. The highest BCUT2D eigenvalue weighted by Crippen LogP contribution is 2.29. The Morgan fingerprint density at radius 1 is 1.00 bits per heavy atom. The van der Waals surface area contributed by atoms with Gasteiger partial charge in [-0.1, -0.05) is 48.0 Å². The number of imidazole rings is 1. The lowest BCUT2D eigenvalue weighted by atomic mass is 9.95. The third kappa shape index (κ3) is 8.37. The fourth-order valence-corrected chi connectivity index (χ4v) is 4.57. The van der Waals surface area contributed by atoms with Gasteiger partial charge < -0.3 is 20.1 Å². The molecular formula is C30H28ClF5N4O4. The number of hydrogen-bond acceptors (Lipinski definition) is 5. The molecule has 8 nitrogen and oxygen atoms in total. The van der Waals surface area contributed by atoms with E-state index in [9.17, 15) is 31.5 Å². The first-order valence-corrected chi connectivity index (χ1v) is 13.7. The lowest BCUT2D eigenvalue weighted by Gasteiger charge is -2.31. The zero-order valence-corrected chi connectivity index (χ0v) is 24.4. The first kappa shape index (κ1) is 32.5. The largest absolute Gasteiger partial charge is 0.485 e. The van der Waals surface area contributed by atoms with Crippen molar-refractivity contribution in [1.29, 1.82) is 0 Å². The summed E-state index contributed by atoms with van der Waals surface area (Å²) in [5.41, 5.74) is -0.899. The number of nitrogens with one attached hydrogen (secondary N) is 2. The molecule has 0 aliphatic heterocycles. The van der Waals surface area contributed by atoms with Crippen LogP contribution in [-0.2, 0) is 18.0 Å². The van der Waals surface area contributed by atoms with Crippen LogP contribution in [0.15, 0.2) is 60.8 Å². The Morgan fingerprint density at radius 2 is 1.68 bits per heavy atom. The molecule has 1 unspecified atom stereocenters. The standard InChI is InChI=1S/C30H28ClF5N4O4/c1-18-25(40-14-20(31)13-24(26(40)38-18)43-16-21-22(32)9-6-10-23(21)33)27(41)37-17-29(2,11-12-30(34,35)36)39-28(42)44-15-19-7-4-3-5-8-19/h3-10,13-14H,11-12,15-17H2,1-2H3,(H,37,41)(H,39,42). The van der Waals surface area contributed by atoms with Crippen LogP contribution in [-0.4, -0.2) is 39.6 Å². The van der Waals surface area contributed by atoms with Crippen LogP contribution in [0.25, 0.3) is 5.65 Å². The van der Waals surface area contributed by atoms with Crippen LogP contribution in [0.1, 0.15) is 47.1 Å². The maximum atomic E-state index is 14.1. The van der Waals surface area contributed by atoms with Crippen molar-refractivity contribution in [3.8, 4) is 5.75 Å². The highest BCUT2D eigenvalue weighted by molar-refractivity contribution is 6.30. The number of aromatic nitrogens is 2. The summed E-state index contributed by atoms with van der Waals surface area (Å²) in [4.78, 5) is 30.2. The predicted molar refractivity (Wildman–Crippen MR) is 151 cm³/mol. The van der Waals surface area contributed by atoms with Crippen molar-refractivity contribution in [2.75, 3.05) is 6.54 Å². The fraction of sp³-hybridized carbons (Fsp3) is 0.300. The minimum atomic E-state index is -4.52. The second kappa shape index (κ2) is 13.5. The third-order valence-electron chi connectivity index (χ3n) is 6.69. The molecule has 4 rings (SSSR count). The van der Waals surface area contributed by atoms with Crippen LogP contribution >= 0.6 is 11.6 Å². The number of alkyl halides is 3. The van der Waals surface area contributed by atoms with Crippen LogP contribution in [0.3, 0.4) is 0 Å². The Bertz CT molecular complexity index is 1630. The molecule has 2 heterocycles. The summed E-state index contributed by atoms with van der Waals surface area (Å²) in [6, 6.07) is 13.4. The first-order valence-electron chi connectivity index (χ1n) is 13.3. The lowest BCUT2D eigenvalue weighted by molar-refractivity contribution is -0.138. The van der Waals surface area contributed by atoms with Gasteiger partial charge in [0.05, 0.1) is 21.8 Å². The minimum absolute atomic E-state index is 0.0192. The summed E-state index contributed by atoms with van der Waals surface area (Å²) in [5, 5.41) is 5.12. The van der Waals surface area contributed by atoms with Gasteiger partial charge in [0, 0.05) is 25.2 Å². The normalized spacial score (nSPS) is 12.9. The van der Waals surface area contributed by atoms with Crippen molar-refractivity contribution < 1.29 is 41.0 Å². The lowest BCUT2D eigenvalue weighted by Crippen LogP contribution is -2.54. The Labute approximate surface area is 254 Å². The molecule has 0 bridgehead atoms. The van der Waals surface area contributed by atoms with Crippen molar-refractivity contribution in [3.63, 3.8) is 0 Å². The number of hydrogen-bond donors (Lipinski definition) is 2. The summed E-state index contributed by atoms with van der Waals surface area (Å²) in [6.07, 6.45) is -5.90. The van der Waals surface area contributed by atoms with E-state index in [-0.39, 0.29) is 40.0 Å². The van der Waals surface area contributed by atoms with Crippen LogP contribution in [0.2, 0.25) is 5.02 Å². The van der Waals surface area contributed by atoms with Gasteiger partial charge in [-0.2, -0.15) is 13.2 Å². The molecule has 0 aliphatic rings. The highest BCUT2D eigenvalue weighted by atomic mass is 35.5. The van der Waals surface area contributed by atoms with Gasteiger partial charge in [0.2, 0.25) is 0 Å². The Morgan fingerprint density at radius 3 is 2.34 bits per heavy atom. The van der Waals surface area contributed by atoms with Crippen molar-refractivity contribution in [2.24, 2.45) is 0 Å². The van der Waals surface area contributed by atoms with E-state index in [1.807, 2.05) is 0 Å². The number of carbonyl (C=O) groups excluding carboxylic acids is 2. The number of ether oxygens (including phenoxy) is 2. The molecule has 4 aromatic rings. The summed E-state index contributed by atoms with van der Waals surface area (Å²) < 4.78 is 79.7. The van der Waals surface area contributed by atoms with Crippen LogP contribution in [0, 0.1) is 18.6 Å². The molecule has 2 N–H and O–H groups in total. The van der Waals surface area contributed by atoms with Gasteiger partial charge in [-0.3, -0.25) is 9.20 Å². The number of fused-ring (bicyclic) bond motifs is 1. The molecule has 0 saturated heterocycles. The third-order valence-corrected chi connectivity index (χ3v) is 6.90. The van der Waals surface area contributed by atoms with Gasteiger partial charge in [-0.15, -0.1) is 0 Å². The van der Waals surface area contributed by atoms with E-state index in [2.05, 4.69) is 15.6 Å². The number of halogens is 6. The van der Waals surface area contributed by atoms with E-state index in [0.29, 0.717) is 5.56 Å². The predicted octanol–water partition coefficient (Wildman–Crippen LogP) is 6.91. The molecule has 44 heavy (non-hydrogen) atoms. The van der Waals surface area contributed by atoms with E-state index in [0.717, 1.165) is 12.1 Å². The summed E-state index contributed by atoms with van der Waals surface area (Å²) in [7, 11) is 0. The Kier molecular flexibility index (Phi) is 9.98. The number of carbonyl (C=O) groups is 2. The number of nitrogens with zero attached hydrogens (tertiary/aromatic N) is 2. The van der Waals surface area contributed by atoms with Crippen LogP contribution in [0.4, 0.5) is 26.7 Å². The molecule has 234 valence electrons. The summed E-state index contributed by atoms with van der Waals surface area (Å²) >= 11 is 6.24. The molecule has 1 atom stereocenters. The topological polar surface area (TPSA) is 94.0 Å². The second-order valence-corrected chi connectivity index (χ2v) is 10.7. The first-order chi connectivity index (χ1) is 20.7. The molecule has 14 heteroatoms. The van der Waals surface area contributed by atoms with Gasteiger partial charge in [0.15, 0.2) is 11.4 Å². The van der Waals surface area contributed by atoms with Crippen molar-refractivity contribution in [2.45, 2.75) is 51.6 Å². The van der Waals surface area contributed by atoms with Crippen LogP contribution in [0.5, 0.6) is 5.75 Å². The van der Waals surface area contributed by atoms with Gasteiger partial charge in [-0.25, -0.2) is 18.6 Å². The zero-order valence-electron chi connectivity index (χ0n) is 23.6. The van der Waals surface area contributed by atoms with E-state index < -0.39 is 61.3 Å². The number of pyridine rings is 1. The second-order valence-electron chi connectivity index (χ2n) is 10.3. The molecule has 2 aromatic carbocycles. The number of amides is 2. The average molecular weight is 639 g/mol. The number of benzene rings is 2. The molecule has 0 saturated carbocycles. The maximum Gasteiger partial charge on any atom is 0.407 e. The van der Waals surface area contributed by atoms with E-state index in [1.54, 1.807) is 30.3 Å². The van der Waals surface area contributed by atoms with Crippen molar-refractivity contribution in [1.82, 2.24) is 20.0 Å².